The molecule has 0 aromatic heterocycles. The fourth-order valence-electron chi connectivity index (χ4n) is 2.98. The van der Waals surface area contributed by atoms with E-state index in [0.717, 1.165) is 0 Å². The van der Waals surface area contributed by atoms with Crippen molar-refractivity contribution in [2.75, 3.05) is 67.0 Å². The SMILES string of the molecule is CCCN(C)CCCN(CCCN(C)CCC)CC[Si](C)(C)OC. The van der Waals surface area contributed by atoms with Gasteiger partial charge in [-0.05, 0) is 105 Å². The highest BCUT2D eigenvalue weighted by Gasteiger charge is 2.21. The fraction of sp³-hybridized carbons (Fsp3) is 1.00. The first-order valence-corrected chi connectivity index (χ1v) is 13.1. The lowest BCUT2D eigenvalue weighted by Gasteiger charge is -2.28. The van der Waals surface area contributed by atoms with E-state index in [-0.39, 0.29) is 0 Å². The molecule has 0 heterocycles. The minimum absolute atomic E-state index is 1.20. The maximum atomic E-state index is 5.73. The Labute approximate surface area is 153 Å². The van der Waals surface area contributed by atoms with Gasteiger partial charge in [-0.15, -0.1) is 0 Å². The molecule has 0 aliphatic carbocycles. The fourth-order valence-corrected chi connectivity index (χ4v) is 4.04. The van der Waals surface area contributed by atoms with Gasteiger partial charge in [0.25, 0.3) is 0 Å². The molecule has 0 N–H and O–H groups in total. The largest absolute Gasteiger partial charge is 0.420 e. The highest BCUT2D eigenvalue weighted by atomic mass is 28.4. The van der Waals surface area contributed by atoms with Crippen molar-refractivity contribution in [1.82, 2.24) is 14.7 Å². The smallest absolute Gasteiger partial charge is 0.187 e. The molecule has 0 saturated heterocycles. The van der Waals surface area contributed by atoms with Crippen LogP contribution in [0.5, 0.6) is 0 Å². The Morgan fingerprint density at radius 2 is 1.17 bits per heavy atom. The average molecular weight is 360 g/mol. The molecule has 0 aromatic carbocycles. The van der Waals surface area contributed by atoms with E-state index >= 15 is 0 Å². The molecule has 4 nitrogen and oxygen atoms in total. The second-order valence-corrected chi connectivity index (χ2v) is 12.3. The molecule has 0 fully saturated rings. The Morgan fingerprint density at radius 3 is 1.54 bits per heavy atom. The Bertz CT molecular complexity index is 272. The molecule has 0 bridgehead atoms. The van der Waals surface area contributed by atoms with Crippen molar-refractivity contribution in [1.29, 1.82) is 0 Å². The van der Waals surface area contributed by atoms with Crippen LogP contribution in [0.25, 0.3) is 0 Å². The van der Waals surface area contributed by atoms with E-state index in [1.807, 2.05) is 7.11 Å². The Hall–Kier alpha value is 0.0569. The number of hydrogen-bond donors (Lipinski definition) is 0. The maximum absolute atomic E-state index is 5.73. The summed E-state index contributed by atoms with van der Waals surface area (Å²) in [5.41, 5.74) is 0. The van der Waals surface area contributed by atoms with Gasteiger partial charge in [0.2, 0.25) is 0 Å². The molecule has 0 spiro atoms. The van der Waals surface area contributed by atoms with Crippen molar-refractivity contribution in [3.05, 3.63) is 0 Å². The zero-order valence-corrected chi connectivity index (χ0v) is 18.7. The van der Waals surface area contributed by atoms with Crippen molar-refractivity contribution >= 4 is 8.32 Å². The molecular weight excluding hydrogens is 314 g/mol. The van der Waals surface area contributed by atoms with Crippen LogP contribution in [-0.2, 0) is 4.43 Å². The van der Waals surface area contributed by atoms with Crippen molar-refractivity contribution in [3.63, 3.8) is 0 Å². The minimum Gasteiger partial charge on any atom is -0.420 e. The second-order valence-electron chi connectivity index (χ2n) is 7.87. The summed E-state index contributed by atoms with van der Waals surface area (Å²) in [6, 6.07) is 1.24. The Balaban J connectivity index is 4.22. The van der Waals surface area contributed by atoms with Gasteiger partial charge in [-0.3, -0.25) is 0 Å². The lowest BCUT2D eigenvalue weighted by Crippen LogP contribution is -2.37. The van der Waals surface area contributed by atoms with Gasteiger partial charge < -0.3 is 19.1 Å². The van der Waals surface area contributed by atoms with E-state index in [9.17, 15) is 0 Å². The third-order valence-electron chi connectivity index (χ3n) is 4.82. The number of nitrogens with zero attached hydrogens (tertiary/aromatic N) is 3. The molecular formula is C19H45N3OSi. The summed E-state index contributed by atoms with van der Waals surface area (Å²) in [4.78, 5) is 7.59. The van der Waals surface area contributed by atoms with E-state index in [0.29, 0.717) is 0 Å². The summed E-state index contributed by atoms with van der Waals surface area (Å²) in [6.45, 7) is 17.7. The maximum Gasteiger partial charge on any atom is 0.187 e. The van der Waals surface area contributed by atoms with Crippen LogP contribution >= 0.6 is 0 Å². The van der Waals surface area contributed by atoms with E-state index in [4.69, 9.17) is 4.43 Å². The van der Waals surface area contributed by atoms with Crippen LogP contribution in [0.2, 0.25) is 19.1 Å². The number of rotatable bonds is 16. The first-order chi connectivity index (χ1) is 11.3. The van der Waals surface area contributed by atoms with Crippen LogP contribution in [0.1, 0.15) is 39.5 Å². The molecule has 24 heavy (non-hydrogen) atoms. The van der Waals surface area contributed by atoms with Crippen molar-refractivity contribution in [3.8, 4) is 0 Å². The van der Waals surface area contributed by atoms with E-state index in [2.05, 4.69) is 55.7 Å². The topological polar surface area (TPSA) is 19.0 Å². The average Bonchev–Trinajstić information content (AvgIpc) is 2.52. The van der Waals surface area contributed by atoms with Crippen molar-refractivity contribution in [2.45, 2.75) is 58.7 Å². The molecule has 0 atom stereocenters. The van der Waals surface area contributed by atoms with Crippen LogP contribution in [0.15, 0.2) is 0 Å². The normalized spacial score (nSPS) is 12.8. The summed E-state index contributed by atoms with van der Waals surface area (Å²) in [5, 5.41) is 0. The molecule has 5 heteroatoms. The zero-order valence-electron chi connectivity index (χ0n) is 17.7. The Kier molecular flexibility index (Phi) is 14.3. The molecule has 0 saturated carbocycles. The molecule has 0 unspecified atom stereocenters. The Morgan fingerprint density at radius 1 is 0.708 bits per heavy atom. The first kappa shape index (κ1) is 24.1. The van der Waals surface area contributed by atoms with E-state index in [1.165, 1.54) is 77.5 Å². The molecule has 0 aliphatic rings. The van der Waals surface area contributed by atoms with Gasteiger partial charge in [-0.1, -0.05) is 13.8 Å². The molecule has 0 amide bonds. The van der Waals surface area contributed by atoms with Crippen molar-refractivity contribution in [2.24, 2.45) is 0 Å². The summed E-state index contributed by atoms with van der Waals surface area (Å²) < 4.78 is 5.73. The van der Waals surface area contributed by atoms with Gasteiger partial charge in [0.1, 0.15) is 0 Å². The van der Waals surface area contributed by atoms with Crippen LogP contribution in [0.4, 0.5) is 0 Å². The molecule has 0 radical (unpaired) electrons. The van der Waals surface area contributed by atoms with Gasteiger partial charge in [0, 0.05) is 7.11 Å². The highest BCUT2D eigenvalue weighted by Crippen LogP contribution is 2.11. The van der Waals surface area contributed by atoms with E-state index in [1.54, 1.807) is 0 Å². The van der Waals surface area contributed by atoms with E-state index < -0.39 is 8.32 Å². The van der Waals surface area contributed by atoms with Crippen LogP contribution in [-0.4, -0.2) is 90.0 Å². The predicted octanol–water partition coefficient (Wildman–Crippen LogP) is 3.60. The van der Waals surface area contributed by atoms with Gasteiger partial charge in [-0.25, -0.2) is 0 Å². The standard InChI is InChI=1S/C19H45N3OSi/c1-8-12-20(3)14-10-16-22(18-19-24(6,7)23-5)17-11-15-21(4)13-9-2/h8-19H2,1-7H3. The molecule has 0 aliphatic heterocycles. The monoisotopic (exact) mass is 359 g/mol. The summed E-state index contributed by atoms with van der Waals surface area (Å²) >= 11 is 0. The summed E-state index contributed by atoms with van der Waals surface area (Å²) in [6.07, 6.45) is 5.04. The molecule has 0 aromatic rings. The quantitative estimate of drug-likeness (QED) is 0.392. The minimum atomic E-state index is -1.45. The highest BCUT2D eigenvalue weighted by molar-refractivity contribution is 6.71. The second kappa shape index (κ2) is 14.2. The van der Waals surface area contributed by atoms with Crippen LogP contribution < -0.4 is 0 Å². The predicted molar refractivity (Wildman–Crippen MR) is 111 cm³/mol. The van der Waals surface area contributed by atoms with Gasteiger partial charge in [0.05, 0.1) is 0 Å². The first-order valence-electron chi connectivity index (χ1n) is 9.99. The summed E-state index contributed by atoms with van der Waals surface area (Å²) in [7, 11) is 4.92. The molecule has 0 rings (SSSR count). The van der Waals surface area contributed by atoms with Gasteiger partial charge >= 0.3 is 0 Å². The molecule has 146 valence electrons. The third-order valence-corrected chi connectivity index (χ3v) is 7.35. The van der Waals surface area contributed by atoms with Gasteiger partial charge in [-0.2, -0.15) is 0 Å². The lowest BCUT2D eigenvalue weighted by molar-refractivity contribution is 0.232. The summed E-state index contributed by atoms with van der Waals surface area (Å²) in [5.74, 6) is 0. The van der Waals surface area contributed by atoms with Crippen molar-refractivity contribution < 1.29 is 4.43 Å². The lowest BCUT2D eigenvalue weighted by atomic mass is 10.3. The van der Waals surface area contributed by atoms with Crippen LogP contribution in [0.3, 0.4) is 0 Å². The third kappa shape index (κ3) is 13.4. The number of hydrogen-bond acceptors (Lipinski definition) is 4. The zero-order chi connectivity index (χ0) is 18.4. The van der Waals surface area contributed by atoms with Crippen LogP contribution in [0, 0.1) is 0 Å². The van der Waals surface area contributed by atoms with Gasteiger partial charge in [0.15, 0.2) is 8.32 Å².